The van der Waals surface area contributed by atoms with Crippen molar-refractivity contribution < 1.29 is 13.2 Å². The number of hydrogen-bond acceptors (Lipinski definition) is 6. The van der Waals surface area contributed by atoms with Gasteiger partial charge < -0.3 is 10.1 Å². The van der Waals surface area contributed by atoms with Crippen LogP contribution in [0.15, 0.2) is 52.3 Å². The fourth-order valence-electron chi connectivity index (χ4n) is 3.66. The van der Waals surface area contributed by atoms with Gasteiger partial charge in [0.05, 0.1) is 17.1 Å². The Labute approximate surface area is 175 Å². The molecular weight excluding hydrogens is 402 g/mol. The number of aryl methyl sites for hydroxylation is 1. The van der Waals surface area contributed by atoms with E-state index in [2.05, 4.69) is 17.2 Å². The van der Waals surface area contributed by atoms with Crippen LogP contribution in [-0.2, 0) is 29.9 Å². The van der Waals surface area contributed by atoms with Gasteiger partial charge >= 0.3 is 0 Å². The van der Waals surface area contributed by atoms with E-state index in [1.807, 2.05) is 12.1 Å². The fraction of sp³-hybridized carbons (Fsp3) is 0.273. The number of fused-ring (bicyclic) bond motifs is 1. The molecule has 2 heterocycles. The summed E-state index contributed by atoms with van der Waals surface area (Å²) in [4.78, 5) is 17.5. The van der Waals surface area contributed by atoms with E-state index in [0.717, 1.165) is 18.4 Å². The molecule has 2 aromatic carbocycles. The number of benzene rings is 2. The second-order valence-corrected chi connectivity index (χ2v) is 9.46. The molecule has 4 rings (SSSR count). The molecule has 156 valence electrons. The summed E-state index contributed by atoms with van der Waals surface area (Å²) in [5, 5.41) is 3.27. The van der Waals surface area contributed by atoms with Crippen molar-refractivity contribution in [3.05, 3.63) is 69.6 Å². The number of rotatable bonds is 5. The summed E-state index contributed by atoms with van der Waals surface area (Å²) >= 11 is 0. The average Bonchev–Trinajstić information content (AvgIpc) is 3.18. The highest BCUT2D eigenvalue weighted by molar-refractivity contribution is 7.90. The van der Waals surface area contributed by atoms with E-state index in [0.29, 0.717) is 30.2 Å². The van der Waals surface area contributed by atoms with Crippen LogP contribution in [0.1, 0.15) is 16.7 Å². The van der Waals surface area contributed by atoms with Crippen LogP contribution in [0.4, 0.5) is 5.95 Å². The summed E-state index contributed by atoms with van der Waals surface area (Å²) in [6, 6.07) is 10.3. The molecule has 0 amide bonds. The van der Waals surface area contributed by atoms with Crippen LogP contribution in [0.5, 0.6) is 5.75 Å². The molecule has 1 aliphatic rings. The lowest BCUT2D eigenvalue weighted by Crippen LogP contribution is -2.23. The summed E-state index contributed by atoms with van der Waals surface area (Å²) in [6.07, 6.45) is 3.55. The first kappa shape index (κ1) is 20.2. The molecule has 0 aliphatic carbocycles. The van der Waals surface area contributed by atoms with Gasteiger partial charge in [-0.15, -0.1) is 0 Å². The minimum atomic E-state index is -3.29. The molecule has 0 saturated carbocycles. The van der Waals surface area contributed by atoms with E-state index in [-0.39, 0.29) is 10.5 Å². The highest BCUT2D eigenvalue weighted by Gasteiger charge is 2.18. The number of anilines is 1. The number of sulfone groups is 1. The van der Waals surface area contributed by atoms with Gasteiger partial charge in [0, 0.05) is 38.0 Å². The highest BCUT2D eigenvalue weighted by Crippen LogP contribution is 2.31. The van der Waals surface area contributed by atoms with Crippen molar-refractivity contribution in [1.29, 1.82) is 0 Å². The zero-order valence-corrected chi connectivity index (χ0v) is 17.9. The fourth-order valence-corrected chi connectivity index (χ4v) is 4.29. The first-order valence-corrected chi connectivity index (χ1v) is 11.5. The monoisotopic (exact) mass is 425 g/mol. The molecular formula is C22H23N3O4S. The lowest BCUT2D eigenvalue weighted by atomic mass is 10.00. The second-order valence-electron chi connectivity index (χ2n) is 7.45. The summed E-state index contributed by atoms with van der Waals surface area (Å²) in [7, 11) is -1.62. The minimum Gasteiger partial charge on any atom is -0.493 e. The Hall–Kier alpha value is -3.13. The maximum Gasteiger partial charge on any atom is 0.262 e. The maximum atomic E-state index is 12.9. The minimum absolute atomic E-state index is 0.210. The summed E-state index contributed by atoms with van der Waals surface area (Å²) in [5.74, 6) is 1.39. The smallest absolute Gasteiger partial charge is 0.262 e. The first-order chi connectivity index (χ1) is 14.3. The predicted octanol–water partition coefficient (Wildman–Crippen LogP) is 2.71. The van der Waals surface area contributed by atoms with Crippen LogP contribution in [-0.4, -0.2) is 30.8 Å². The van der Waals surface area contributed by atoms with E-state index >= 15 is 0 Å². The molecule has 30 heavy (non-hydrogen) atoms. The Morgan fingerprint density at radius 1 is 1.17 bits per heavy atom. The van der Waals surface area contributed by atoms with E-state index in [9.17, 15) is 13.2 Å². The van der Waals surface area contributed by atoms with E-state index in [1.54, 1.807) is 19.2 Å². The second kappa shape index (κ2) is 7.60. The molecule has 0 saturated heterocycles. The van der Waals surface area contributed by atoms with Crippen molar-refractivity contribution in [3.8, 4) is 16.9 Å². The maximum absolute atomic E-state index is 12.9. The van der Waals surface area contributed by atoms with Crippen molar-refractivity contribution in [2.45, 2.75) is 24.8 Å². The standard InChI is InChI=1S/C22H23N3O4S/c1-14-4-9-20-17(10-11-29-20)18(14)12-23-22-24-13-19(21(26)25(22)2)15-5-7-16(8-6-15)30(3,27)28/h4-9,13H,10-12H2,1-3H3,(H,23,24). The third-order valence-corrected chi connectivity index (χ3v) is 6.55. The highest BCUT2D eigenvalue weighted by atomic mass is 32.2. The topological polar surface area (TPSA) is 90.3 Å². The molecule has 0 spiro atoms. The lowest BCUT2D eigenvalue weighted by Gasteiger charge is -2.15. The lowest BCUT2D eigenvalue weighted by molar-refractivity contribution is 0.357. The zero-order valence-electron chi connectivity index (χ0n) is 17.1. The molecule has 7 nitrogen and oxygen atoms in total. The number of nitrogens with zero attached hydrogens (tertiary/aromatic N) is 2. The third-order valence-electron chi connectivity index (χ3n) is 5.42. The Balaban J connectivity index is 1.60. The van der Waals surface area contributed by atoms with Gasteiger partial charge in [-0.2, -0.15) is 0 Å². The van der Waals surface area contributed by atoms with Crippen LogP contribution in [0, 0.1) is 6.92 Å². The molecule has 0 bridgehead atoms. The molecule has 3 aromatic rings. The van der Waals surface area contributed by atoms with Gasteiger partial charge in [0.25, 0.3) is 5.56 Å². The molecule has 1 N–H and O–H groups in total. The van der Waals surface area contributed by atoms with Crippen LogP contribution in [0.2, 0.25) is 0 Å². The van der Waals surface area contributed by atoms with E-state index < -0.39 is 9.84 Å². The number of nitrogens with one attached hydrogen (secondary N) is 1. The Morgan fingerprint density at radius 3 is 2.60 bits per heavy atom. The van der Waals surface area contributed by atoms with Crippen molar-refractivity contribution in [1.82, 2.24) is 9.55 Å². The van der Waals surface area contributed by atoms with Gasteiger partial charge in [-0.1, -0.05) is 18.2 Å². The molecule has 0 radical (unpaired) electrons. The molecule has 1 aliphatic heterocycles. The van der Waals surface area contributed by atoms with Crippen molar-refractivity contribution in [2.24, 2.45) is 7.05 Å². The summed E-state index contributed by atoms with van der Waals surface area (Å²) in [6.45, 7) is 3.29. The SMILES string of the molecule is Cc1ccc2c(c1CNc1ncc(-c3ccc(S(C)(=O)=O)cc3)c(=O)n1C)CCO2. The summed E-state index contributed by atoms with van der Waals surface area (Å²) in [5.41, 5.74) is 4.36. The Kier molecular flexibility index (Phi) is 5.11. The number of hydrogen-bond donors (Lipinski definition) is 1. The van der Waals surface area contributed by atoms with Crippen molar-refractivity contribution in [2.75, 3.05) is 18.2 Å². The zero-order chi connectivity index (χ0) is 21.5. The van der Waals surface area contributed by atoms with E-state index in [1.165, 1.54) is 39.6 Å². The summed E-state index contributed by atoms with van der Waals surface area (Å²) < 4.78 is 30.4. The predicted molar refractivity (Wildman–Crippen MR) is 116 cm³/mol. The van der Waals surface area contributed by atoms with Crippen molar-refractivity contribution in [3.63, 3.8) is 0 Å². The van der Waals surface area contributed by atoms with Crippen LogP contribution in [0.25, 0.3) is 11.1 Å². The molecule has 0 fully saturated rings. The van der Waals surface area contributed by atoms with Gasteiger partial charge in [0.15, 0.2) is 9.84 Å². The van der Waals surface area contributed by atoms with Crippen molar-refractivity contribution >= 4 is 15.8 Å². The third kappa shape index (κ3) is 3.70. The molecule has 0 atom stereocenters. The normalized spacial score (nSPS) is 13.0. The number of ether oxygens (including phenoxy) is 1. The Bertz CT molecular complexity index is 1280. The van der Waals surface area contributed by atoms with Gasteiger partial charge in [0.2, 0.25) is 5.95 Å². The van der Waals surface area contributed by atoms with Crippen LogP contribution in [0.3, 0.4) is 0 Å². The van der Waals surface area contributed by atoms with Crippen LogP contribution < -0.4 is 15.6 Å². The van der Waals surface area contributed by atoms with Gasteiger partial charge in [-0.05, 0) is 41.8 Å². The van der Waals surface area contributed by atoms with Gasteiger partial charge in [-0.3, -0.25) is 9.36 Å². The quantitative estimate of drug-likeness (QED) is 0.676. The number of aromatic nitrogens is 2. The van der Waals surface area contributed by atoms with E-state index in [4.69, 9.17) is 4.74 Å². The first-order valence-electron chi connectivity index (χ1n) is 9.60. The Morgan fingerprint density at radius 2 is 1.90 bits per heavy atom. The molecule has 8 heteroatoms. The largest absolute Gasteiger partial charge is 0.493 e. The van der Waals surface area contributed by atoms with Gasteiger partial charge in [-0.25, -0.2) is 13.4 Å². The van der Waals surface area contributed by atoms with Crippen LogP contribution >= 0.6 is 0 Å². The molecule has 0 unspecified atom stereocenters. The molecule has 1 aromatic heterocycles. The average molecular weight is 426 g/mol. The van der Waals surface area contributed by atoms with Gasteiger partial charge in [0.1, 0.15) is 5.75 Å².